The van der Waals surface area contributed by atoms with Crippen molar-refractivity contribution in [3.63, 3.8) is 0 Å². The summed E-state index contributed by atoms with van der Waals surface area (Å²) in [6.45, 7) is 9.21. The Kier molecular flexibility index (Phi) is 4.45. The Bertz CT molecular complexity index is 489. The van der Waals surface area contributed by atoms with Gasteiger partial charge in [-0.1, -0.05) is 13.8 Å². The van der Waals surface area contributed by atoms with Crippen molar-refractivity contribution in [2.24, 2.45) is 0 Å². The molecule has 2 unspecified atom stereocenters. The maximum Gasteiger partial charge on any atom is 0.131 e. The first kappa shape index (κ1) is 14.8. The van der Waals surface area contributed by atoms with E-state index in [1.54, 1.807) is 0 Å². The largest absolute Gasteiger partial charge is 0.374 e. The maximum atomic E-state index is 5.90. The van der Waals surface area contributed by atoms with Crippen molar-refractivity contribution >= 4 is 5.82 Å². The Hall–Kier alpha value is -1.13. The molecule has 1 saturated carbocycles. The molecule has 0 spiro atoms. The van der Waals surface area contributed by atoms with E-state index in [0.717, 1.165) is 25.5 Å². The fourth-order valence-corrected chi connectivity index (χ4v) is 3.53. The molecule has 0 aromatic carbocycles. The molecule has 1 aliphatic carbocycles. The Morgan fingerprint density at radius 1 is 1.43 bits per heavy atom. The second kappa shape index (κ2) is 6.32. The average Bonchev–Trinajstić information content (AvgIpc) is 2.94. The molecule has 21 heavy (non-hydrogen) atoms. The zero-order chi connectivity index (χ0) is 14.8. The highest BCUT2D eigenvalue weighted by molar-refractivity contribution is 5.49. The van der Waals surface area contributed by atoms with Crippen molar-refractivity contribution in [1.82, 2.24) is 10.3 Å². The molecule has 0 amide bonds. The fraction of sp³-hybridized carbons (Fsp3) is 0.706. The number of pyridine rings is 1. The van der Waals surface area contributed by atoms with Crippen molar-refractivity contribution in [1.29, 1.82) is 0 Å². The zero-order valence-corrected chi connectivity index (χ0v) is 13.4. The van der Waals surface area contributed by atoms with Gasteiger partial charge in [-0.15, -0.1) is 0 Å². The topological polar surface area (TPSA) is 37.4 Å². The molecule has 1 aliphatic heterocycles. The van der Waals surface area contributed by atoms with Crippen LogP contribution in [0.5, 0.6) is 0 Å². The van der Waals surface area contributed by atoms with Crippen LogP contribution in [0.1, 0.15) is 44.2 Å². The quantitative estimate of drug-likeness (QED) is 0.924. The standard InChI is InChI=1S/C17H27N3O/c1-12(2)18-10-14-9-13(3)17(19-11-14)20-7-8-21-16-6-4-5-15(16)20/h9,11-12,15-16,18H,4-8,10H2,1-3H3. The number of hydrogen-bond acceptors (Lipinski definition) is 4. The first-order chi connectivity index (χ1) is 10.1. The van der Waals surface area contributed by atoms with Gasteiger partial charge in [-0.25, -0.2) is 4.98 Å². The van der Waals surface area contributed by atoms with E-state index in [-0.39, 0.29) is 0 Å². The first-order valence-corrected chi connectivity index (χ1v) is 8.22. The lowest BCUT2D eigenvalue weighted by molar-refractivity contribution is 0.0253. The summed E-state index contributed by atoms with van der Waals surface area (Å²) < 4.78 is 5.90. The minimum Gasteiger partial charge on any atom is -0.374 e. The highest BCUT2D eigenvalue weighted by Crippen LogP contribution is 2.33. The van der Waals surface area contributed by atoms with Gasteiger partial charge in [0, 0.05) is 25.3 Å². The van der Waals surface area contributed by atoms with Crippen LogP contribution in [0.4, 0.5) is 5.82 Å². The lowest BCUT2D eigenvalue weighted by Crippen LogP contribution is -2.49. The number of ether oxygens (including phenoxy) is 1. The van der Waals surface area contributed by atoms with Gasteiger partial charge in [-0.3, -0.25) is 0 Å². The van der Waals surface area contributed by atoms with Crippen molar-refractivity contribution < 1.29 is 4.74 Å². The van der Waals surface area contributed by atoms with E-state index in [9.17, 15) is 0 Å². The highest BCUT2D eigenvalue weighted by atomic mass is 16.5. The van der Waals surface area contributed by atoms with Crippen LogP contribution in [-0.2, 0) is 11.3 Å². The minimum atomic E-state index is 0.419. The number of aryl methyl sites for hydroxylation is 1. The third-order valence-electron chi connectivity index (χ3n) is 4.58. The number of nitrogens with zero attached hydrogens (tertiary/aromatic N) is 2. The summed E-state index contributed by atoms with van der Waals surface area (Å²) in [6.07, 6.45) is 6.17. The second-order valence-electron chi connectivity index (χ2n) is 6.62. The van der Waals surface area contributed by atoms with Gasteiger partial charge in [0.1, 0.15) is 5.82 Å². The summed E-state index contributed by atoms with van der Waals surface area (Å²) in [5.74, 6) is 1.16. The molecule has 2 aliphatic rings. The Labute approximate surface area is 127 Å². The molecule has 3 rings (SSSR count). The summed E-state index contributed by atoms with van der Waals surface area (Å²) in [5.41, 5.74) is 2.55. The number of nitrogens with one attached hydrogen (secondary N) is 1. The molecule has 1 aromatic rings. The second-order valence-corrected chi connectivity index (χ2v) is 6.62. The van der Waals surface area contributed by atoms with Gasteiger partial charge in [0.05, 0.1) is 18.8 Å². The minimum absolute atomic E-state index is 0.419. The number of anilines is 1. The Morgan fingerprint density at radius 2 is 2.29 bits per heavy atom. The van der Waals surface area contributed by atoms with E-state index in [4.69, 9.17) is 9.72 Å². The predicted octanol–water partition coefficient (Wildman–Crippen LogP) is 2.65. The van der Waals surface area contributed by atoms with Gasteiger partial charge in [0.25, 0.3) is 0 Å². The zero-order valence-electron chi connectivity index (χ0n) is 13.4. The van der Waals surface area contributed by atoms with Gasteiger partial charge in [0.2, 0.25) is 0 Å². The molecular weight excluding hydrogens is 262 g/mol. The van der Waals surface area contributed by atoms with Crippen LogP contribution >= 0.6 is 0 Å². The lowest BCUT2D eigenvalue weighted by atomic mass is 10.1. The fourth-order valence-electron chi connectivity index (χ4n) is 3.53. The van der Waals surface area contributed by atoms with Crippen molar-refractivity contribution in [2.45, 2.75) is 64.8 Å². The van der Waals surface area contributed by atoms with E-state index < -0.39 is 0 Å². The number of hydrogen-bond donors (Lipinski definition) is 1. The molecule has 2 fully saturated rings. The summed E-state index contributed by atoms with van der Waals surface area (Å²) in [7, 11) is 0. The summed E-state index contributed by atoms with van der Waals surface area (Å²) >= 11 is 0. The van der Waals surface area contributed by atoms with Crippen LogP contribution in [0.25, 0.3) is 0 Å². The lowest BCUT2D eigenvalue weighted by Gasteiger charge is -2.39. The maximum absolute atomic E-state index is 5.90. The van der Waals surface area contributed by atoms with Crippen LogP contribution in [-0.4, -0.2) is 36.3 Å². The molecule has 4 heteroatoms. The van der Waals surface area contributed by atoms with E-state index in [2.05, 4.69) is 37.1 Å². The molecule has 0 radical (unpaired) electrons. The van der Waals surface area contributed by atoms with Crippen molar-refractivity contribution in [2.75, 3.05) is 18.1 Å². The van der Waals surface area contributed by atoms with Crippen LogP contribution in [0.2, 0.25) is 0 Å². The molecule has 1 N–H and O–H groups in total. The SMILES string of the molecule is Cc1cc(CNC(C)C)cnc1N1CCOC2CCCC21. The number of aromatic nitrogens is 1. The van der Waals surface area contributed by atoms with E-state index >= 15 is 0 Å². The number of rotatable bonds is 4. The van der Waals surface area contributed by atoms with Crippen LogP contribution in [0.3, 0.4) is 0 Å². The van der Waals surface area contributed by atoms with Gasteiger partial charge in [-0.2, -0.15) is 0 Å². The smallest absolute Gasteiger partial charge is 0.131 e. The Balaban J connectivity index is 1.75. The van der Waals surface area contributed by atoms with Crippen LogP contribution in [0.15, 0.2) is 12.3 Å². The normalized spacial score (nSPS) is 25.4. The van der Waals surface area contributed by atoms with Crippen molar-refractivity contribution in [3.05, 3.63) is 23.4 Å². The molecule has 0 bridgehead atoms. The van der Waals surface area contributed by atoms with Gasteiger partial charge < -0.3 is 15.0 Å². The van der Waals surface area contributed by atoms with E-state index in [0.29, 0.717) is 18.2 Å². The predicted molar refractivity (Wildman–Crippen MR) is 85.7 cm³/mol. The molecular formula is C17H27N3O. The monoisotopic (exact) mass is 289 g/mol. The van der Waals surface area contributed by atoms with Crippen LogP contribution in [0, 0.1) is 6.92 Å². The average molecular weight is 289 g/mol. The third-order valence-corrected chi connectivity index (χ3v) is 4.58. The molecule has 1 aromatic heterocycles. The molecule has 2 atom stereocenters. The van der Waals surface area contributed by atoms with E-state index in [1.807, 2.05) is 6.20 Å². The Morgan fingerprint density at radius 3 is 3.05 bits per heavy atom. The molecule has 1 saturated heterocycles. The van der Waals surface area contributed by atoms with Gasteiger partial charge in [0.15, 0.2) is 0 Å². The molecule has 2 heterocycles. The van der Waals surface area contributed by atoms with Crippen molar-refractivity contribution in [3.8, 4) is 0 Å². The highest BCUT2D eigenvalue weighted by Gasteiger charge is 2.37. The third kappa shape index (κ3) is 3.22. The summed E-state index contributed by atoms with van der Waals surface area (Å²) in [5, 5.41) is 3.45. The first-order valence-electron chi connectivity index (χ1n) is 8.22. The number of morpholine rings is 1. The van der Waals surface area contributed by atoms with E-state index in [1.165, 1.54) is 30.4 Å². The van der Waals surface area contributed by atoms with Crippen LogP contribution < -0.4 is 10.2 Å². The summed E-state index contributed by atoms with van der Waals surface area (Å²) in [6, 6.07) is 3.31. The van der Waals surface area contributed by atoms with Gasteiger partial charge >= 0.3 is 0 Å². The molecule has 4 nitrogen and oxygen atoms in total. The summed E-state index contributed by atoms with van der Waals surface area (Å²) in [4.78, 5) is 7.25. The number of fused-ring (bicyclic) bond motifs is 1. The molecule has 116 valence electrons. The van der Waals surface area contributed by atoms with Gasteiger partial charge in [-0.05, 0) is 43.4 Å².